The maximum absolute atomic E-state index is 6.25. The number of hydrogen-bond acceptors (Lipinski definition) is 6. The van der Waals surface area contributed by atoms with Crippen molar-refractivity contribution < 1.29 is 25.9 Å². The predicted molar refractivity (Wildman–Crippen MR) is 134 cm³/mol. The van der Waals surface area contributed by atoms with Gasteiger partial charge in [-0.3, -0.25) is 0 Å². The fraction of sp³-hybridized carbons (Fsp3) is 0.778. The van der Waals surface area contributed by atoms with E-state index in [9.17, 15) is 0 Å². The van der Waals surface area contributed by atoms with Gasteiger partial charge in [0.05, 0.1) is 25.4 Å². The zero-order chi connectivity index (χ0) is 22.9. The summed E-state index contributed by atoms with van der Waals surface area (Å²) in [4.78, 5) is 0. The molecule has 0 N–H and O–H groups in total. The molecule has 0 aromatic rings. The standard InChI is InChI=1S/C18H44O6Si5/c1-13-25-23-27(7,8)19-15-17(3)21-29(11,12)22-18(4)16-20-28(9,10)24-26(5,6)14-2/h13-14,17-18H,1-2,15-16,25H2,3-12H3. The minimum absolute atomic E-state index is 0.0564. The van der Waals surface area contributed by atoms with Crippen LogP contribution in [-0.2, 0) is 25.9 Å². The minimum atomic E-state index is -2.33. The van der Waals surface area contributed by atoms with Crippen molar-refractivity contribution in [3.05, 3.63) is 24.6 Å². The molecule has 29 heavy (non-hydrogen) atoms. The Morgan fingerprint density at radius 2 is 1.21 bits per heavy atom. The molecule has 0 aliphatic rings. The van der Waals surface area contributed by atoms with Crippen molar-refractivity contribution in [1.82, 2.24) is 0 Å². The van der Waals surface area contributed by atoms with Gasteiger partial charge in [-0.2, -0.15) is 0 Å². The smallest absolute Gasteiger partial charge is 0.332 e. The Balaban J connectivity index is 4.47. The maximum atomic E-state index is 6.25. The van der Waals surface area contributed by atoms with E-state index < -0.39 is 43.8 Å². The normalized spacial score (nSPS) is 16.2. The van der Waals surface area contributed by atoms with Crippen LogP contribution in [0.25, 0.3) is 0 Å². The molecule has 0 fully saturated rings. The second-order valence-corrected chi connectivity index (χ2v) is 25.1. The molecule has 2 atom stereocenters. The number of hydrogen-bond donors (Lipinski definition) is 0. The van der Waals surface area contributed by atoms with E-state index in [0.717, 1.165) is 0 Å². The van der Waals surface area contributed by atoms with Gasteiger partial charge < -0.3 is 25.9 Å². The van der Waals surface area contributed by atoms with Crippen LogP contribution in [0.2, 0.25) is 52.4 Å². The summed E-state index contributed by atoms with van der Waals surface area (Å²) >= 11 is 0. The highest BCUT2D eigenvalue weighted by Crippen LogP contribution is 2.19. The predicted octanol–water partition coefficient (Wildman–Crippen LogP) is 4.13. The lowest BCUT2D eigenvalue weighted by atomic mass is 10.5. The molecule has 11 heteroatoms. The summed E-state index contributed by atoms with van der Waals surface area (Å²) < 4.78 is 36.7. The SMILES string of the molecule is C=C[SiH2]O[Si](C)(C)OCC(C)O[Si](C)(C)OC(C)CO[Si](C)(C)O[Si](C)(C)C=C. The summed E-state index contributed by atoms with van der Waals surface area (Å²) in [7, 11) is -9.20. The second kappa shape index (κ2) is 12.4. The van der Waals surface area contributed by atoms with Crippen LogP contribution in [0.15, 0.2) is 24.6 Å². The van der Waals surface area contributed by atoms with E-state index in [4.69, 9.17) is 25.9 Å². The molecule has 0 aromatic heterocycles. The van der Waals surface area contributed by atoms with Crippen LogP contribution in [0.3, 0.4) is 0 Å². The van der Waals surface area contributed by atoms with E-state index in [1.54, 1.807) is 0 Å². The summed E-state index contributed by atoms with van der Waals surface area (Å²) in [6.45, 7) is 29.2. The van der Waals surface area contributed by atoms with E-state index in [1.165, 1.54) is 0 Å². The Morgan fingerprint density at radius 3 is 1.62 bits per heavy atom. The Bertz CT molecular complexity index is 513. The molecule has 0 aromatic carbocycles. The van der Waals surface area contributed by atoms with E-state index in [1.807, 2.05) is 25.2 Å². The summed E-state index contributed by atoms with van der Waals surface area (Å²) in [6.07, 6.45) is -0.125. The molecule has 2 unspecified atom stereocenters. The molecular formula is C18H44O6Si5. The van der Waals surface area contributed by atoms with Crippen molar-refractivity contribution in [1.29, 1.82) is 0 Å². The van der Waals surface area contributed by atoms with Crippen LogP contribution >= 0.6 is 0 Å². The van der Waals surface area contributed by atoms with Gasteiger partial charge in [0.1, 0.15) is 0 Å². The Kier molecular flexibility index (Phi) is 12.5. The first kappa shape index (κ1) is 29.3. The summed E-state index contributed by atoms with van der Waals surface area (Å²) in [5, 5.41) is 0. The van der Waals surface area contributed by atoms with Crippen molar-refractivity contribution >= 4 is 43.8 Å². The Hall–Kier alpha value is 0.324. The molecule has 0 bridgehead atoms. The van der Waals surface area contributed by atoms with Gasteiger partial charge in [-0.25, -0.2) is 0 Å². The first-order chi connectivity index (χ1) is 13.0. The zero-order valence-electron chi connectivity index (χ0n) is 20.3. The molecule has 0 aliphatic heterocycles. The van der Waals surface area contributed by atoms with Crippen LogP contribution in [0.4, 0.5) is 0 Å². The van der Waals surface area contributed by atoms with Crippen LogP contribution in [0.1, 0.15) is 13.8 Å². The molecule has 6 nitrogen and oxygen atoms in total. The quantitative estimate of drug-likeness (QED) is 0.300. The highest BCUT2D eigenvalue weighted by molar-refractivity contribution is 6.85. The largest absolute Gasteiger partial charge is 0.438 e. The Morgan fingerprint density at radius 1 is 0.759 bits per heavy atom. The van der Waals surface area contributed by atoms with Crippen LogP contribution in [0.5, 0.6) is 0 Å². The van der Waals surface area contributed by atoms with Crippen LogP contribution < -0.4 is 0 Å². The average Bonchev–Trinajstić information content (AvgIpc) is 2.55. The molecule has 0 rings (SSSR count). The van der Waals surface area contributed by atoms with Crippen LogP contribution in [0, 0.1) is 0 Å². The molecular weight excluding hydrogens is 453 g/mol. The monoisotopic (exact) mass is 496 g/mol. The highest BCUT2D eigenvalue weighted by Gasteiger charge is 2.35. The van der Waals surface area contributed by atoms with Crippen molar-refractivity contribution in [3.63, 3.8) is 0 Å². The highest BCUT2D eigenvalue weighted by atomic mass is 28.4. The second-order valence-electron chi connectivity index (χ2n) is 9.19. The first-order valence-electron chi connectivity index (χ1n) is 10.3. The molecule has 0 aliphatic carbocycles. The average molecular weight is 497 g/mol. The Labute approximate surface area is 185 Å². The number of rotatable bonds is 16. The van der Waals surface area contributed by atoms with E-state index >= 15 is 0 Å². The molecule has 0 saturated heterocycles. The maximum Gasteiger partial charge on any atom is 0.332 e. The molecule has 0 radical (unpaired) electrons. The lowest BCUT2D eigenvalue weighted by Gasteiger charge is -2.34. The molecule has 0 heterocycles. The van der Waals surface area contributed by atoms with Crippen molar-refractivity contribution in [2.24, 2.45) is 0 Å². The van der Waals surface area contributed by atoms with E-state index in [0.29, 0.717) is 13.2 Å². The van der Waals surface area contributed by atoms with Gasteiger partial charge in [-0.1, -0.05) is 11.4 Å². The van der Waals surface area contributed by atoms with Gasteiger partial charge >= 0.3 is 25.7 Å². The van der Waals surface area contributed by atoms with Crippen molar-refractivity contribution in [3.8, 4) is 0 Å². The fourth-order valence-electron chi connectivity index (χ4n) is 2.71. The van der Waals surface area contributed by atoms with Gasteiger partial charge in [-0.15, -0.1) is 13.2 Å². The van der Waals surface area contributed by atoms with Crippen molar-refractivity contribution in [2.45, 2.75) is 78.4 Å². The molecule has 172 valence electrons. The third kappa shape index (κ3) is 14.9. The van der Waals surface area contributed by atoms with Gasteiger partial charge in [0, 0.05) is 0 Å². The lowest BCUT2D eigenvalue weighted by Crippen LogP contribution is -2.48. The zero-order valence-corrected chi connectivity index (χ0v) is 25.7. The van der Waals surface area contributed by atoms with Gasteiger partial charge in [0.15, 0.2) is 18.1 Å². The van der Waals surface area contributed by atoms with E-state index in [2.05, 4.69) is 65.5 Å². The molecule has 0 amide bonds. The summed E-state index contributed by atoms with van der Waals surface area (Å²) in [5.74, 6) is 0. The summed E-state index contributed by atoms with van der Waals surface area (Å²) in [5.41, 5.74) is 3.81. The lowest BCUT2D eigenvalue weighted by molar-refractivity contribution is 0.0462. The van der Waals surface area contributed by atoms with Gasteiger partial charge in [-0.05, 0) is 66.2 Å². The molecule has 0 spiro atoms. The topological polar surface area (TPSA) is 55.4 Å². The fourth-order valence-corrected chi connectivity index (χ4v) is 14.2. The first-order valence-corrected chi connectivity index (χ1v) is 23.1. The third-order valence-corrected chi connectivity index (χ3v) is 16.3. The van der Waals surface area contributed by atoms with E-state index in [-0.39, 0.29) is 12.2 Å². The van der Waals surface area contributed by atoms with Crippen molar-refractivity contribution in [2.75, 3.05) is 13.2 Å². The van der Waals surface area contributed by atoms with Gasteiger partial charge in [0.25, 0.3) is 0 Å². The minimum Gasteiger partial charge on any atom is -0.438 e. The third-order valence-electron chi connectivity index (χ3n) is 3.85. The molecule has 0 saturated carbocycles. The van der Waals surface area contributed by atoms with Gasteiger partial charge in [0.2, 0.25) is 0 Å². The summed E-state index contributed by atoms with van der Waals surface area (Å²) in [6, 6.07) is 0. The van der Waals surface area contributed by atoms with Crippen LogP contribution in [-0.4, -0.2) is 69.2 Å².